The molecule has 5 heteroatoms. The lowest BCUT2D eigenvalue weighted by atomic mass is 9.96. The number of carboxylic acid groups (broad SMARTS) is 1. The Labute approximate surface area is 106 Å². The monoisotopic (exact) mass is 256 g/mol. The van der Waals surface area contributed by atoms with Crippen LogP contribution < -0.4 is 0 Å². The smallest absolute Gasteiger partial charge is 0.303 e. The van der Waals surface area contributed by atoms with Gasteiger partial charge in [0, 0.05) is 12.0 Å². The summed E-state index contributed by atoms with van der Waals surface area (Å²) >= 11 is 6.25. The maximum absolute atomic E-state index is 10.5. The van der Waals surface area contributed by atoms with Gasteiger partial charge in [-0.3, -0.25) is 9.48 Å². The van der Waals surface area contributed by atoms with Gasteiger partial charge in [0.05, 0.1) is 12.2 Å². The standard InChI is InChI=1S/C12H17ClN2O2/c13-12-9(6-7-11(16)17)8-14-15(12)10-4-2-1-3-5-10/h8,10H,1-7H2,(H,16,17). The van der Waals surface area contributed by atoms with Crippen LogP contribution in [0.15, 0.2) is 6.20 Å². The Balaban J connectivity index is 2.05. The second-order valence-corrected chi connectivity index (χ2v) is 4.95. The third-order valence-electron chi connectivity index (χ3n) is 3.33. The van der Waals surface area contributed by atoms with Crippen LogP contribution in [0.4, 0.5) is 0 Å². The van der Waals surface area contributed by atoms with E-state index in [4.69, 9.17) is 16.7 Å². The third kappa shape index (κ3) is 3.00. The number of carboxylic acids is 1. The Morgan fingerprint density at radius 2 is 2.18 bits per heavy atom. The van der Waals surface area contributed by atoms with Crippen LogP contribution >= 0.6 is 11.6 Å². The second-order valence-electron chi connectivity index (χ2n) is 4.59. The molecule has 1 aromatic heterocycles. The van der Waals surface area contributed by atoms with Crippen LogP contribution in [-0.2, 0) is 11.2 Å². The van der Waals surface area contributed by atoms with E-state index in [1.807, 2.05) is 4.68 Å². The molecule has 94 valence electrons. The summed E-state index contributed by atoms with van der Waals surface area (Å²) in [6.07, 6.45) is 8.27. The maximum Gasteiger partial charge on any atom is 0.303 e. The van der Waals surface area contributed by atoms with Gasteiger partial charge in [0.2, 0.25) is 0 Å². The molecule has 0 aromatic carbocycles. The van der Waals surface area contributed by atoms with Gasteiger partial charge < -0.3 is 5.11 Å². The van der Waals surface area contributed by atoms with Gasteiger partial charge in [-0.05, 0) is 19.3 Å². The summed E-state index contributed by atoms with van der Waals surface area (Å²) in [7, 11) is 0. The first-order chi connectivity index (χ1) is 8.18. The molecule has 1 aliphatic rings. The van der Waals surface area contributed by atoms with Crippen molar-refractivity contribution >= 4 is 17.6 Å². The van der Waals surface area contributed by atoms with Crippen molar-refractivity contribution in [3.63, 3.8) is 0 Å². The van der Waals surface area contributed by atoms with E-state index in [9.17, 15) is 4.79 Å². The summed E-state index contributed by atoms with van der Waals surface area (Å²) in [5.74, 6) is -0.800. The minimum absolute atomic E-state index is 0.107. The molecule has 4 nitrogen and oxygen atoms in total. The molecule has 1 aromatic rings. The van der Waals surface area contributed by atoms with E-state index in [1.54, 1.807) is 6.20 Å². The van der Waals surface area contributed by atoms with E-state index in [-0.39, 0.29) is 6.42 Å². The number of hydrogen-bond acceptors (Lipinski definition) is 2. The quantitative estimate of drug-likeness (QED) is 0.901. The molecule has 1 fully saturated rings. The average Bonchev–Trinajstić information content (AvgIpc) is 2.69. The summed E-state index contributed by atoms with van der Waals surface area (Å²) < 4.78 is 1.87. The Hall–Kier alpha value is -1.03. The number of aromatic nitrogens is 2. The fourth-order valence-electron chi connectivity index (χ4n) is 2.37. The molecular weight excluding hydrogens is 240 g/mol. The van der Waals surface area contributed by atoms with Gasteiger partial charge in [0.15, 0.2) is 0 Å². The predicted octanol–water partition coefficient (Wildman–Crippen LogP) is 3.06. The lowest BCUT2D eigenvalue weighted by Crippen LogP contribution is -2.14. The molecule has 0 radical (unpaired) electrons. The number of nitrogens with zero attached hydrogens (tertiary/aromatic N) is 2. The molecule has 2 rings (SSSR count). The first-order valence-corrected chi connectivity index (χ1v) is 6.50. The lowest BCUT2D eigenvalue weighted by molar-refractivity contribution is -0.136. The predicted molar refractivity (Wildman–Crippen MR) is 65.3 cm³/mol. The van der Waals surface area contributed by atoms with Gasteiger partial charge in [-0.2, -0.15) is 5.10 Å². The molecule has 0 spiro atoms. The van der Waals surface area contributed by atoms with Crippen molar-refractivity contribution in [2.45, 2.75) is 51.0 Å². The minimum atomic E-state index is -0.800. The van der Waals surface area contributed by atoms with Gasteiger partial charge in [-0.1, -0.05) is 30.9 Å². The molecule has 0 atom stereocenters. The Bertz CT molecular complexity index is 397. The van der Waals surface area contributed by atoms with Crippen LogP contribution in [0.3, 0.4) is 0 Å². The third-order valence-corrected chi connectivity index (χ3v) is 3.75. The highest BCUT2D eigenvalue weighted by Crippen LogP contribution is 2.31. The number of halogens is 1. The number of hydrogen-bond donors (Lipinski definition) is 1. The maximum atomic E-state index is 10.5. The lowest BCUT2D eigenvalue weighted by Gasteiger charge is -2.22. The van der Waals surface area contributed by atoms with Crippen LogP contribution in [0.2, 0.25) is 5.15 Å². The van der Waals surface area contributed by atoms with Crippen molar-refractivity contribution in [1.29, 1.82) is 0 Å². The van der Waals surface area contributed by atoms with E-state index in [1.165, 1.54) is 19.3 Å². The van der Waals surface area contributed by atoms with Crippen molar-refractivity contribution in [1.82, 2.24) is 9.78 Å². The summed E-state index contributed by atoms with van der Waals surface area (Å²) in [6, 6.07) is 0.398. The summed E-state index contributed by atoms with van der Waals surface area (Å²) in [5, 5.41) is 13.6. The number of aliphatic carboxylic acids is 1. The molecular formula is C12H17ClN2O2. The van der Waals surface area contributed by atoms with Gasteiger partial charge in [-0.25, -0.2) is 0 Å². The molecule has 0 saturated heterocycles. The Morgan fingerprint density at radius 3 is 2.82 bits per heavy atom. The van der Waals surface area contributed by atoms with Crippen LogP contribution in [0.25, 0.3) is 0 Å². The zero-order chi connectivity index (χ0) is 12.3. The molecule has 0 amide bonds. The molecule has 17 heavy (non-hydrogen) atoms. The molecule has 0 unspecified atom stereocenters. The van der Waals surface area contributed by atoms with Crippen molar-refractivity contribution in [2.24, 2.45) is 0 Å². The van der Waals surface area contributed by atoms with E-state index < -0.39 is 5.97 Å². The van der Waals surface area contributed by atoms with Crippen molar-refractivity contribution < 1.29 is 9.90 Å². The van der Waals surface area contributed by atoms with Gasteiger partial charge in [-0.15, -0.1) is 0 Å². The van der Waals surface area contributed by atoms with Gasteiger partial charge in [0.25, 0.3) is 0 Å². The summed E-state index contributed by atoms with van der Waals surface area (Å²) in [6.45, 7) is 0. The topological polar surface area (TPSA) is 55.1 Å². The minimum Gasteiger partial charge on any atom is -0.481 e. The fourth-order valence-corrected chi connectivity index (χ4v) is 2.70. The van der Waals surface area contributed by atoms with Crippen molar-refractivity contribution in [3.8, 4) is 0 Å². The zero-order valence-electron chi connectivity index (χ0n) is 9.73. The molecule has 1 saturated carbocycles. The highest BCUT2D eigenvalue weighted by atomic mass is 35.5. The van der Waals surface area contributed by atoms with E-state index in [0.717, 1.165) is 18.4 Å². The molecule has 1 N–H and O–H groups in total. The van der Waals surface area contributed by atoms with E-state index in [2.05, 4.69) is 5.10 Å². The summed E-state index contributed by atoms with van der Waals surface area (Å²) in [5.41, 5.74) is 0.847. The highest BCUT2D eigenvalue weighted by molar-refractivity contribution is 6.30. The van der Waals surface area contributed by atoms with Crippen molar-refractivity contribution in [2.75, 3.05) is 0 Å². The average molecular weight is 257 g/mol. The van der Waals surface area contributed by atoms with Gasteiger partial charge >= 0.3 is 5.97 Å². The van der Waals surface area contributed by atoms with Crippen LogP contribution in [0.5, 0.6) is 0 Å². The SMILES string of the molecule is O=C(O)CCc1cnn(C2CCCCC2)c1Cl. The molecule has 0 aliphatic heterocycles. The fraction of sp³-hybridized carbons (Fsp3) is 0.667. The van der Waals surface area contributed by atoms with Crippen LogP contribution in [0.1, 0.15) is 50.1 Å². The normalized spacial score (nSPS) is 17.2. The van der Waals surface area contributed by atoms with Gasteiger partial charge in [0.1, 0.15) is 5.15 Å². The number of carbonyl (C=O) groups is 1. The largest absolute Gasteiger partial charge is 0.481 e. The van der Waals surface area contributed by atoms with Crippen LogP contribution in [-0.4, -0.2) is 20.9 Å². The van der Waals surface area contributed by atoms with E-state index in [0.29, 0.717) is 17.6 Å². The molecule has 0 bridgehead atoms. The molecule has 1 heterocycles. The Kier molecular flexibility index (Phi) is 4.05. The molecule has 1 aliphatic carbocycles. The van der Waals surface area contributed by atoms with E-state index >= 15 is 0 Å². The number of aryl methyl sites for hydroxylation is 1. The first-order valence-electron chi connectivity index (χ1n) is 6.12. The zero-order valence-corrected chi connectivity index (χ0v) is 10.5. The summed E-state index contributed by atoms with van der Waals surface area (Å²) in [4.78, 5) is 10.5. The van der Waals surface area contributed by atoms with Crippen molar-refractivity contribution in [3.05, 3.63) is 16.9 Å². The van der Waals surface area contributed by atoms with Crippen LogP contribution in [0, 0.1) is 0 Å². The second kappa shape index (κ2) is 5.54. The number of rotatable bonds is 4. The highest BCUT2D eigenvalue weighted by Gasteiger charge is 2.20. The first kappa shape index (κ1) is 12.4. The Morgan fingerprint density at radius 1 is 1.47 bits per heavy atom.